The molecule has 0 saturated heterocycles. The fourth-order valence-corrected chi connectivity index (χ4v) is 2.70. The van der Waals surface area contributed by atoms with Crippen molar-refractivity contribution in [1.82, 2.24) is 14.3 Å². The van der Waals surface area contributed by atoms with Crippen LogP contribution in [0.1, 0.15) is 11.1 Å². The zero-order chi connectivity index (χ0) is 15.3. The third-order valence-corrected chi connectivity index (χ3v) is 4.04. The Kier molecular flexibility index (Phi) is 4.75. The first kappa shape index (κ1) is 15.3. The van der Waals surface area contributed by atoms with Gasteiger partial charge in [-0.2, -0.15) is 0 Å². The summed E-state index contributed by atoms with van der Waals surface area (Å²) >= 11 is 0. The molecule has 0 unspecified atom stereocenters. The molecule has 1 aromatic heterocycles. The molecule has 0 aliphatic carbocycles. The molecule has 2 rings (SSSR count). The van der Waals surface area contributed by atoms with Gasteiger partial charge >= 0.3 is 0 Å². The van der Waals surface area contributed by atoms with Crippen LogP contribution in [0.3, 0.4) is 0 Å². The minimum absolute atomic E-state index is 0.00414. The summed E-state index contributed by atoms with van der Waals surface area (Å²) in [4.78, 5) is 3.84. The van der Waals surface area contributed by atoms with Gasteiger partial charge in [0, 0.05) is 25.4 Å². The molecule has 1 heterocycles. The van der Waals surface area contributed by atoms with Crippen LogP contribution in [0.5, 0.6) is 0 Å². The van der Waals surface area contributed by atoms with Crippen LogP contribution in [-0.2, 0) is 23.6 Å². The molecular formula is C14H16N4O2S. The summed E-state index contributed by atoms with van der Waals surface area (Å²) in [6.07, 6.45) is 2.89. The van der Waals surface area contributed by atoms with Gasteiger partial charge in [-0.25, -0.2) is 18.1 Å². The number of hydrogen-bond acceptors (Lipinski definition) is 4. The highest BCUT2D eigenvalue weighted by molar-refractivity contribution is 7.89. The summed E-state index contributed by atoms with van der Waals surface area (Å²) in [7, 11) is -1.92. The summed E-state index contributed by atoms with van der Waals surface area (Å²) < 4.78 is 28.3. The Bertz CT molecular complexity index is 785. The smallest absolute Gasteiger partial charge is 0.259 e. The standard InChI is InChI=1S/C14H16N4O2S/c1-18-10-14(16-11-18)21(19,20)17-9-13-6-3-2-5-12(13)7-4-8-15/h2-3,5-6,10-11,17H,8-9,15H2,1H3. The normalized spacial score (nSPS) is 11.0. The van der Waals surface area contributed by atoms with E-state index in [1.54, 1.807) is 11.6 Å². The Morgan fingerprint density at radius 1 is 1.38 bits per heavy atom. The molecule has 0 bridgehead atoms. The fraction of sp³-hybridized carbons (Fsp3) is 0.214. The van der Waals surface area contributed by atoms with Crippen LogP contribution in [0.15, 0.2) is 41.8 Å². The molecule has 0 spiro atoms. The summed E-state index contributed by atoms with van der Waals surface area (Å²) in [5.41, 5.74) is 6.90. The van der Waals surface area contributed by atoms with Crippen LogP contribution in [-0.4, -0.2) is 24.5 Å². The van der Waals surface area contributed by atoms with E-state index in [1.807, 2.05) is 24.3 Å². The first-order chi connectivity index (χ1) is 10.0. The van der Waals surface area contributed by atoms with E-state index in [0.29, 0.717) is 0 Å². The maximum absolute atomic E-state index is 12.1. The lowest BCUT2D eigenvalue weighted by molar-refractivity contribution is 0.578. The molecule has 1 aromatic carbocycles. The molecule has 0 atom stereocenters. The molecule has 0 aliphatic heterocycles. The Morgan fingerprint density at radius 2 is 2.14 bits per heavy atom. The van der Waals surface area contributed by atoms with E-state index in [4.69, 9.17) is 5.73 Å². The van der Waals surface area contributed by atoms with Gasteiger partial charge < -0.3 is 10.3 Å². The zero-order valence-electron chi connectivity index (χ0n) is 11.6. The van der Waals surface area contributed by atoms with Gasteiger partial charge in [0.05, 0.1) is 12.9 Å². The predicted molar refractivity (Wildman–Crippen MR) is 79.6 cm³/mol. The summed E-state index contributed by atoms with van der Waals surface area (Å²) in [5.74, 6) is 5.69. The van der Waals surface area contributed by atoms with E-state index in [9.17, 15) is 8.42 Å². The second-order valence-corrected chi connectivity index (χ2v) is 6.08. The van der Waals surface area contributed by atoms with Crippen LogP contribution in [0.2, 0.25) is 0 Å². The average molecular weight is 304 g/mol. The van der Waals surface area contributed by atoms with Crippen molar-refractivity contribution in [2.75, 3.05) is 6.54 Å². The van der Waals surface area contributed by atoms with Crippen LogP contribution < -0.4 is 10.5 Å². The number of imidazole rings is 1. The van der Waals surface area contributed by atoms with Gasteiger partial charge in [0.1, 0.15) is 0 Å². The van der Waals surface area contributed by atoms with Crippen LogP contribution in [0.4, 0.5) is 0 Å². The highest BCUT2D eigenvalue weighted by Crippen LogP contribution is 2.10. The van der Waals surface area contributed by atoms with Crippen molar-refractivity contribution in [3.05, 3.63) is 47.9 Å². The quantitative estimate of drug-likeness (QED) is 0.790. The number of nitrogens with two attached hydrogens (primary N) is 1. The summed E-state index contributed by atoms with van der Waals surface area (Å²) in [5, 5.41) is -0.00414. The molecule has 0 amide bonds. The maximum Gasteiger partial charge on any atom is 0.259 e. The number of hydrogen-bond donors (Lipinski definition) is 2. The Labute approximate surface area is 124 Å². The fourth-order valence-electron chi connectivity index (χ4n) is 1.72. The minimum atomic E-state index is -3.63. The number of rotatable bonds is 4. The molecule has 0 radical (unpaired) electrons. The first-order valence-electron chi connectivity index (χ1n) is 6.27. The van der Waals surface area contributed by atoms with Crippen molar-refractivity contribution in [3.63, 3.8) is 0 Å². The number of nitrogens with zero attached hydrogens (tertiary/aromatic N) is 2. The largest absolute Gasteiger partial charge is 0.339 e. The minimum Gasteiger partial charge on any atom is -0.339 e. The third kappa shape index (κ3) is 3.92. The Morgan fingerprint density at radius 3 is 2.81 bits per heavy atom. The second-order valence-electron chi connectivity index (χ2n) is 4.36. The molecule has 7 heteroatoms. The van der Waals surface area contributed by atoms with Gasteiger partial charge in [0.15, 0.2) is 5.03 Å². The lowest BCUT2D eigenvalue weighted by Crippen LogP contribution is -2.24. The molecular weight excluding hydrogens is 288 g/mol. The van der Waals surface area contributed by atoms with Crippen LogP contribution in [0.25, 0.3) is 0 Å². The van der Waals surface area contributed by atoms with Crippen molar-refractivity contribution in [3.8, 4) is 11.8 Å². The Hall–Kier alpha value is -2.14. The summed E-state index contributed by atoms with van der Waals surface area (Å²) in [6, 6.07) is 7.32. The zero-order valence-corrected chi connectivity index (χ0v) is 12.4. The monoisotopic (exact) mass is 304 g/mol. The predicted octanol–water partition coefficient (Wildman–Crippen LogP) is 0.209. The van der Waals surface area contributed by atoms with Gasteiger partial charge in [-0.1, -0.05) is 30.0 Å². The number of aryl methyl sites for hydroxylation is 1. The molecule has 110 valence electrons. The van der Waals surface area contributed by atoms with E-state index in [2.05, 4.69) is 21.5 Å². The van der Waals surface area contributed by atoms with Crippen molar-refractivity contribution in [2.24, 2.45) is 12.8 Å². The molecule has 21 heavy (non-hydrogen) atoms. The average Bonchev–Trinajstić information content (AvgIpc) is 2.91. The SMILES string of the molecule is Cn1cnc(S(=O)(=O)NCc2ccccc2C#CCN)c1. The lowest BCUT2D eigenvalue weighted by atomic mass is 10.1. The van der Waals surface area contributed by atoms with E-state index in [0.717, 1.165) is 11.1 Å². The molecule has 0 fully saturated rings. The van der Waals surface area contributed by atoms with E-state index < -0.39 is 10.0 Å². The Balaban J connectivity index is 2.17. The highest BCUT2D eigenvalue weighted by atomic mass is 32.2. The van der Waals surface area contributed by atoms with Crippen LogP contribution in [0, 0.1) is 11.8 Å². The number of sulfonamides is 1. The molecule has 0 aliphatic rings. The van der Waals surface area contributed by atoms with Gasteiger partial charge in [0.2, 0.25) is 0 Å². The summed E-state index contributed by atoms with van der Waals surface area (Å²) in [6.45, 7) is 0.405. The van der Waals surface area contributed by atoms with Gasteiger partial charge in [-0.3, -0.25) is 0 Å². The van der Waals surface area contributed by atoms with Crippen LogP contribution >= 0.6 is 0 Å². The second kappa shape index (κ2) is 6.54. The van der Waals surface area contributed by atoms with Crippen molar-refractivity contribution >= 4 is 10.0 Å². The van der Waals surface area contributed by atoms with E-state index in [1.165, 1.54) is 12.5 Å². The third-order valence-electron chi connectivity index (χ3n) is 2.75. The van der Waals surface area contributed by atoms with Gasteiger partial charge in [0.25, 0.3) is 10.0 Å². The molecule has 6 nitrogen and oxygen atoms in total. The highest BCUT2D eigenvalue weighted by Gasteiger charge is 2.16. The first-order valence-corrected chi connectivity index (χ1v) is 7.76. The van der Waals surface area contributed by atoms with Gasteiger partial charge in [-0.05, 0) is 11.6 Å². The molecule has 2 aromatic rings. The number of aromatic nitrogens is 2. The lowest BCUT2D eigenvalue weighted by Gasteiger charge is -2.06. The van der Waals surface area contributed by atoms with Crippen molar-refractivity contribution in [2.45, 2.75) is 11.6 Å². The maximum atomic E-state index is 12.1. The number of nitrogens with one attached hydrogen (secondary N) is 1. The van der Waals surface area contributed by atoms with Crippen molar-refractivity contribution in [1.29, 1.82) is 0 Å². The van der Waals surface area contributed by atoms with Crippen molar-refractivity contribution < 1.29 is 8.42 Å². The topological polar surface area (TPSA) is 90.0 Å². The van der Waals surface area contributed by atoms with Gasteiger partial charge in [-0.15, -0.1) is 0 Å². The van der Waals surface area contributed by atoms with E-state index >= 15 is 0 Å². The van der Waals surface area contributed by atoms with E-state index in [-0.39, 0.29) is 18.1 Å². The molecule has 0 saturated carbocycles. The number of benzene rings is 1. The molecule has 3 N–H and O–H groups in total.